The van der Waals surface area contributed by atoms with Gasteiger partial charge in [-0.15, -0.1) is 0 Å². The van der Waals surface area contributed by atoms with Gasteiger partial charge in [0, 0.05) is 20.0 Å². The molecule has 172 valence electrons. The molecule has 6 heteroatoms. The maximum atomic E-state index is 13.3. The first-order valence-corrected chi connectivity index (χ1v) is 10.9. The number of benzene rings is 3. The molecule has 0 heterocycles. The van der Waals surface area contributed by atoms with Crippen LogP contribution in [0.2, 0.25) is 0 Å². The van der Waals surface area contributed by atoms with E-state index in [4.69, 9.17) is 9.47 Å². The van der Waals surface area contributed by atoms with Gasteiger partial charge >= 0.3 is 0 Å². The second-order valence-electron chi connectivity index (χ2n) is 7.68. The first-order chi connectivity index (χ1) is 16.0. The van der Waals surface area contributed by atoms with Gasteiger partial charge in [0.2, 0.25) is 11.8 Å². The van der Waals surface area contributed by atoms with Crippen molar-refractivity contribution in [3.8, 4) is 11.5 Å². The van der Waals surface area contributed by atoms with E-state index in [1.807, 2.05) is 78.9 Å². The number of hydrogen-bond acceptors (Lipinski definition) is 4. The highest BCUT2D eigenvalue weighted by atomic mass is 16.5. The highest BCUT2D eigenvalue weighted by Crippen LogP contribution is 2.28. The molecule has 0 unspecified atom stereocenters. The van der Waals surface area contributed by atoms with Gasteiger partial charge in [-0.05, 0) is 35.2 Å². The van der Waals surface area contributed by atoms with Gasteiger partial charge in [0.1, 0.15) is 6.04 Å². The van der Waals surface area contributed by atoms with Crippen LogP contribution in [0.15, 0.2) is 78.9 Å². The molecule has 0 aromatic heterocycles. The molecule has 3 rings (SSSR count). The number of hydrogen-bond donors (Lipinski definition) is 1. The highest BCUT2D eigenvalue weighted by Gasteiger charge is 2.29. The summed E-state index contributed by atoms with van der Waals surface area (Å²) in [6.07, 6.45) is 0.617. The fourth-order valence-electron chi connectivity index (χ4n) is 3.74. The van der Waals surface area contributed by atoms with Crippen LogP contribution in [0.3, 0.4) is 0 Å². The van der Waals surface area contributed by atoms with Crippen molar-refractivity contribution in [1.29, 1.82) is 0 Å². The Labute approximate surface area is 195 Å². The molecule has 0 aliphatic carbocycles. The molecule has 0 saturated carbocycles. The van der Waals surface area contributed by atoms with Gasteiger partial charge in [0.05, 0.1) is 14.2 Å². The molecular weight excluding hydrogens is 416 g/mol. The number of ether oxygens (including phenoxy) is 2. The number of methoxy groups -OCH3 is 2. The molecule has 0 fully saturated rings. The van der Waals surface area contributed by atoms with E-state index in [2.05, 4.69) is 5.32 Å². The molecule has 1 N–H and O–H groups in total. The lowest BCUT2D eigenvalue weighted by Gasteiger charge is -2.30. The summed E-state index contributed by atoms with van der Waals surface area (Å²) in [6, 6.07) is 24.0. The van der Waals surface area contributed by atoms with E-state index >= 15 is 0 Å². The largest absolute Gasteiger partial charge is 0.493 e. The second-order valence-corrected chi connectivity index (χ2v) is 7.68. The monoisotopic (exact) mass is 446 g/mol. The highest BCUT2D eigenvalue weighted by molar-refractivity contribution is 5.88. The summed E-state index contributed by atoms with van der Waals surface area (Å²) in [5, 5.41) is 3.01. The van der Waals surface area contributed by atoms with Crippen molar-refractivity contribution < 1.29 is 19.1 Å². The number of nitrogens with one attached hydrogen (secondary N) is 1. The fraction of sp³-hybridized carbons (Fsp3) is 0.259. The van der Waals surface area contributed by atoms with Gasteiger partial charge in [-0.1, -0.05) is 66.7 Å². The molecule has 3 aromatic carbocycles. The molecule has 2 amide bonds. The summed E-state index contributed by atoms with van der Waals surface area (Å²) < 4.78 is 10.6. The summed E-state index contributed by atoms with van der Waals surface area (Å²) in [5.41, 5.74) is 2.75. The first kappa shape index (κ1) is 23.9. The Balaban J connectivity index is 1.76. The molecule has 33 heavy (non-hydrogen) atoms. The van der Waals surface area contributed by atoms with Gasteiger partial charge in [-0.2, -0.15) is 0 Å². The molecule has 0 saturated heterocycles. The average molecular weight is 447 g/mol. The van der Waals surface area contributed by atoms with Crippen LogP contribution in [-0.2, 0) is 22.6 Å². The maximum Gasteiger partial charge on any atom is 0.247 e. The van der Waals surface area contributed by atoms with E-state index in [1.165, 1.54) is 6.92 Å². The Morgan fingerprint density at radius 1 is 0.848 bits per heavy atom. The van der Waals surface area contributed by atoms with E-state index in [0.29, 0.717) is 31.0 Å². The van der Waals surface area contributed by atoms with Crippen molar-refractivity contribution in [1.82, 2.24) is 10.2 Å². The minimum absolute atomic E-state index is 0.164. The second kappa shape index (κ2) is 11.7. The van der Waals surface area contributed by atoms with Crippen LogP contribution in [0.1, 0.15) is 29.7 Å². The van der Waals surface area contributed by atoms with Crippen LogP contribution in [0.25, 0.3) is 0 Å². The Bertz CT molecular complexity index is 1050. The lowest BCUT2D eigenvalue weighted by atomic mass is 10.0. The number of amides is 2. The van der Waals surface area contributed by atoms with Crippen LogP contribution >= 0.6 is 0 Å². The van der Waals surface area contributed by atoms with Crippen LogP contribution < -0.4 is 14.8 Å². The van der Waals surface area contributed by atoms with E-state index in [1.54, 1.807) is 19.1 Å². The van der Waals surface area contributed by atoms with Gasteiger partial charge in [0.25, 0.3) is 0 Å². The van der Waals surface area contributed by atoms with Crippen LogP contribution in [0, 0.1) is 0 Å². The number of rotatable bonds is 10. The molecular formula is C27H30N2O4. The van der Waals surface area contributed by atoms with Gasteiger partial charge in [0.15, 0.2) is 11.5 Å². The van der Waals surface area contributed by atoms with Crippen molar-refractivity contribution in [2.24, 2.45) is 0 Å². The molecule has 3 aromatic rings. The third-order valence-electron chi connectivity index (χ3n) is 5.44. The Kier molecular flexibility index (Phi) is 8.47. The molecule has 0 spiro atoms. The fourth-order valence-corrected chi connectivity index (χ4v) is 3.74. The average Bonchev–Trinajstić information content (AvgIpc) is 2.84. The van der Waals surface area contributed by atoms with Gasteiger partial charge in [-0.3, -0.25) is 9.59 Å². The normalized spacial score (nSPS) is 11.4. The zero-order valence-electron chi connectivity index (χ0n) is 19.3. The summed E-state index contributed by atoms with van der Waals surface area (Å²) in [5.74, 6) is 0.928. The Morgan fingerprint density at radius 2 is 1.48 bits per heavy atom. The zero-order valence-corrected chi connectivity index (χ0v) is 19.3. The minimum Gasteiger partial charge on any atom is -0.493 e. The van der Waals surface area contributed by atoms with Gasteiger partial charge < -0.3 is 19.7 Å². The molecule has 0 aliphatic heterocycles. The number of nitrogens with zero attached hydrogens (tertiary/aromatic N) is 1. The van der Waals surface area contributed by atoms with Crippen molar-refractivity contribution in [2.45, 2.75) is 25.9 Å². The summed E-state index contributed by atoms with van der Waals surface area (Å²) in [4.78, 5) is 27.6. The predicted octanol–water partition coefficient (Wildman–Crippen LogP) is 4.15. The first-order valence-electron chi connectivity index (χ1n) is 10.9. The smallest absolute Gasteiger partial charge is 0.247 e. The minimum atomic E-state index is -0.727. The van der Waals surface area contributed by atoms with E-state index in [9.17, 15) is 9.59 Å². The summed E-state index contributed by atoms with van der Waals surface area (Å²) in [7, 11) is 3.19. The molecule has 6 nitrogen and oxygen atoms in total. The molecule has 0 aliphatic rings. The number of carbonyl (C=O) groups is 2. The standard InChI is InChI=1S/C27H30N2O4/c1-20(30)29(19-22-10-6-4-7-11-22)26(23-12-8-5-9-13-23)27(31)28-17-16-21-14-15-24(32-2)25(18-21)33-3/h4-15,18,26H,16-17,19H2,1-3H3,(H,28,31)/t26-/m0/s1. The Morgan fingerprint density at radius 3 is 2.09 bits per heavy atom. The van der Waals surface area contributed by atoms with E-state index in [-0.39, 0.29) is 11.8 Å². The molecule has 1 atom stereocenters. The van der Waals surface area contributed by atoms with Gasteiger partial charge in [-0.25, -0.2) is 0 Å². The lowest BCUT2D eigenvalue weighted by Crippen LogP contribution is -2.43. The van der Waals surface area contributed by atoms with Crippen molar-refractivity contribution in [3.05, 3.63) is 95.6 Å². The molecule has 0 bridgehead atoms. The zero-order chi connectivity index (χ0) is 23.6. The Hall–Kier alpha value is -3.80. The van der Waals surface area contributed by atoms with Crippen LogP contribution in [0.5, 0.6) is 11.5 Å². The summed E-state index contributed by atoms with van der Waals surface area (Å²) in [6.45, 7) is 2.27. The van der Waals surface area contributed by atoms with Crippen molar-refractivity contribution in [3.63, 3.8) is 0 Å². The third-order valence-corrected chi connectivity index (χ3v) is 5.44. The molecule has 0 radical (unpaired) electrons. The topological polar surface area (TPSA) is 67.9 Å². The van der Waals surface area contributed by atoms with Crippen LogP contribution in [0.4, 0.5) is 0 Å². The third kappa shape index (κ3) is 6.35. The summed E-state index contributed by atoms with van der Waals surface area (Å²) >= 11 is 0. The quantitative estimate of drug-likeness (QED) is 0.508. The SMILES string of the molecule is COc1ccc(CCNC(=O)[C@H](c2ccccc2)N(Cc2ccccc2)C(C)=O)cc1OC. The van der Waals surface area contributed by atoms with Crippen molar-refractivity contribution in [2.75, 3.05) is 20.8 Å². The van der Waals surface area contributed by atoms with Crippen LogP contribution in [-0.4, -0.2) is 37.5 Å². The maximum absolute atomic E-state index is 13.3. The predicted molar refractivity (Wildman–Crippen MR) is 128 cm³/mol. The van der Waals surface area contributed by atoms with Crippen molar-refractivity contribution >= 4 is 11.8 Å². The van der Waals surface area contributed by atoms with E-state index < -0.39 is 6.04 Å². The lowest BCUT2D eigenvalue weighted by molar-refractivity contribution is -0.140. The van der Waals surface area contributed by atoms with E-state index in [0.717, 1.165) is 16.7 Å². The number of carbonyl (C=O) groups excluding carboxylic acids is 2.